The van der Waals surface area contributed by atoms with E-state index in [1.807, 2.05) is 24.8 Å². The Balaban J connectivity index is 1.85. The van der Waals surface area contributed by atoms with Crippen LogP contribution in [0.5, 0.6) is 0 Å². The van der Waals surface area contributed by atoms with Crippen LogP contribution < -0.4 is 0 Å². The molecule has 9 rings (SSSR count). The minimum atomic E-state index is 1.14. The number of nitrogens with zero attached hydrogens (tertiary/aromatic N) is 4. The zero-order chi connectivity index (χ0) is 20.6. The van der Waals surface area contributed by atoms with Gasteiger partial charge in [0.2, 0.25) is 0 Å². The fourth-order valence-corrected chi connectivity index (χ4v) is 6.27. The Morgan fingerprint density at radius 1 is 0.438 bits per heavy atom. The SMILES string of the molecule is c1ccc2c(c1)c1c3c4ccncc4n4c5cnccc5c(c5c6ccccc6n2c15)c34. The molecule has 4 heteroatoms. The first-order valence-corrected chi connectivity index (χ1v) is 10.9. The minimum absolute atomic E-state index is 1.14. The molecule has 0 saturated heterocycles. The number of fused-ring (bicyclic) bond motifs is 14. The van der Waals surface area contributed by atoms with Crippen LogP contribution in [0.15, 0.2) is 85.5 Å². The van der Waals surface area contributed by atoms with Crippen LogP contribution in [-0.4, -0.2) is 18.8 Å². The molecule has 0 aliphatic rings. The summed E-state index contributed by atoms with van der Waals surface area (Å²) in [5.41, 5.74) is 7.39. The van der Waals surface area contributed by atoms with E-state index < -0.39 is 0 Å². The lowest BCUT2D eigenvalue weighted by molar-refractivity contribution is 1.27. The minimum Gasteiger partial charge on any atom is -0.308 e. The Kier molecular flexibility index (Phi) is 2.35. The maximum atomic E-state index is 4.49. The molecule has 6 heterocycles. The average molecular weight is 406 g/mol. The summed E-state index contributed by atoms with van der Waals surface area (Å²) in [5.74, 6) is 0. The highest BCUT2D eigenvalue weighted by Crippen LogP contribution is 2.51. The van der Waals surface area contributed by atoms with Gasteiger partial charge in [-0.1, -0.05) is 36.4 Å². The molecule has 0 fully saturated rings. The van der Waals surface area contributed by atoms with Crippen LogP contribution >= 0.6 is 0 Å². The predicted molar refractivity (Wildman–Crippen MR) is 131 cm³/mol. The fraction of sp³-hybridized carbons (Fsp3) is 0. The molecule has 0 N–H and O–H groups in total. The van der Waals surface area contributed by atoms with E-state index in [0.717, 1.165) is 11.0 Å². The van der Waals surface area contributed by atoms with Crippen molar-refractivity contribution in [2.45, 2.75) is 0 Å². The van der Waals surface area contributed by atoms with Crippen molar-refractivity contribution >= 4 is 76.2 Å². The highest BCUT2D eigenvalue weighted by molar-refractivity contribution is 6.44. The third-order valence-electron chi connectivity index (χ3n) is 7.34. The highest BCUT2D eigenvalue weighted by atomic mass is 15.0. The lowest BCUT2D eigenvalue weighted by Crippen LogP contribution is -1.81. The van der Waals surface area contributed by atoms with Crippen molar-refractivity contribution in [1.82, 2.24) is 18.8 Å². The molecule has 0 aliphatic heterocycles. The molecule has 6 aromatic heterocycles. The zero-order valence-corrected chi connectivity index (χ0v) is 16.9. The Morgan fingerprint density at radius 2 is 0.844 bits per heavy atom. The average Bonchev–Trinajstić information content (AvgIpc) is 3.56. The first-order valence-electron chi connectivity index (χ1n) is 10.9. The van der Waals surface area contributed by atoms with Gasteiger partial charge in [0.25, 0.3) is 0 Å². The Labute approximate surface area is 180 Å². The van der Waals surface area contributed by atoms with Gasteiger partial charge in [0.05, 0.1) is 45.5 Å². The monoisotopic (exact) mass is 406 g/mol. The molecule has 32 heavy (non-hydrogen) atoms. The number of hydrogen-bond acceptors (Lipinski definition) is 2. The van der Waals surface area contributed by atoms with Gasteiger partial charge in [-0.3, -0.25) is 9.97 Å². The Morgan fingerprint density at radius 3 is 1.34 bits per heavy atom. The standard InChI is InChI=1S/C28H14N4/c1-3-7-19-15(5-1)23-25-17-9-11-29-13-21(17)32-22-14-30-12-10-18(22)26(28(25)32)24-16-6-2-4-8-20(16)31(19)27(23)24/h1-14H. The van der Waals surface area contributed by atoms with Gasteiger partial charge < -0.3 is 8.80 Å². The van der Waals surface area contributed by atoms with Crippen LogP contribution in [0.25, 0.3) is 76.2 Å². The van der Waals surface area contributed by atoms with Crippen molar-refractivity contribution in [3.05, 3.63) is 85.5 Å². The number of benzene rings is 3. The molecule has 0 unspecified atom stereocenters. The smallest absolute Gasteiger partial charge is 0.0725 e. The van der Waals surface area contributed by atoms with Crippen LogP contribution in [0.1, 0.15) is 0 Å². The van der Waals surface area contributed by atoms with E-state index in [1.54, 1.807) is 0 Å². The van der Waals surface area contributed by atoms with Crippen molar-refractivity contribution in [2.24, 2.45) is 0 Å². The van der Waals surface area contributed by atoms with Gasteiger partial charge in [-0.2, -0.15) is 0 Å². The molecule has 3 aromatic carbocycles. The summed E-state index contributed by atoms with van der Waals surface area (Å²) < 4.78 is 4.84. The van der Waals surface area contributed by atoms with Crippen molar-refractivity contribution in [2.75, 3.05) is 0 Å². The molecular formula is C28H14N4. The molecule has 9 aromatic rings. The summed E-state index contributed by atoms with van der Waals surface area (Å²) in [6, 6.07) is 21.9. The lowest BCUT2D eigenvalue weighted by Gasteiger charge is -2.02. The first-order chi connectivity index (χ1) is 15.9. The second-order valence-corrected chi connectivity index (χ2v) is 8.69. The van der Waals surface area contributed by atoms with Crippen LogP contribution in [0.3, 0.4) is 0 Å². The summed E-state index contributed by atoms with van der Waals surface area (Å²) >= 11 is 0. The maximum Gasteiger partial charge on any atom is 0.0725 e. The Hall–Kier alpha value is -4.44. The quantitative estimate of drug-likeness (QED) is 0.278. The van der Waals surface area contributed by atoms with Crippen molar-refractivity contribution in [1.29, 1.82) is 0 Å². The summed E-state index contributed by atoms with van der Waals surface area (Å²) in [4.78, 5) is 8.97. The number of aromatic nitrogens is 4. The molecule has 146 valence electrons. The zero-order valence-electron chi connectivity index (χ0n) is 16.9. The molecule has 0 spiro atoms. The number of para-hydroxylation sites is 2. The van der Waals surface area contributed by atoms with Gasteiger partial charge in [-0.25, -0.2) is 0 Å². The van der Waals surface area contributed by atoms with Crippen molar-refractivity contribution in [3.63, 3.8) is 0 Å². The maximum absolute atomic E-state index is 4.49. The number of rotatable bonds is 0. The Bertz CT molecular complexity index is 1890. The molecule has 4 nitrogen and oxygen atoms in total. The van der Waals surface area contributed by atoms with Crippen LogP contribution in [0.2, 0.25) is 0 Å². The summed E-state index contributed by atoms with van der Waals surface area (Å²) in [6.45, 7) is 0. The lowest BCUT2D eigenvalue weighted by atomic mass is 9.98. The topological polar surface area (TPSA) is 34.6 Å². The van der Waals surface area contributed by atoms with E-state index in [-0.39, 0.29) is 0 Å². The molecule has 0 aliphatic carbocycles. The second-order valence-electron chi connectivity index (χ2n) is 8.69. The summed E-state index contributed by atoms with van der Waals surface area (Å²) in [7, 11) is 0. The third-order valence-corrected chi connectivity index (χ3v) is 7.34. The molecule has 0 atom stereocenters. The van der Waals surface area contributed by atoms with Gasteiger partial charge >= 0.3 is 0 Å². The highest BCUT2D eigenvalue weighted by Gasteiger charge is 2.27. The summed E-state index contributed by atoms with van der Waals surface area (Å²) in [6.07, 6.45) is 7.80. The van der Waals surface area contributed by atoms with Gasteiger partial charge in [0, 0.05) is 55.5 Å². The van der Waals surface area contributed by atoms with Crippen molar-refractivity contribution in [3.8, 4) is 0 Å². The molecular weight excluding hydrogens is 392 g/mol. The molecule has 0 amide bonds. The normalized spacial score (nSPS) is 13.0. The van der Waals surface area contributed by atoms with Gasteiger partial charge in [0.1, 0.15) is 0 Å². The predicted octanol–water partition coefficient (Wildman–Crippen LogP) is 6.78. The fourth-order valence-electron chi connectivity index (χ4n) is 6.27. The van der Waals surface area contributed by atoms with Crippen LogP contribution in [0.4, 0.5) is 0 Å². The van der Waals surface area contributed by atoms with Crippen molar-refractivity contribution < 1.29 is 0 Å². The largest absolute Gasteiger partial charge is 0.308 e. The van der Waals surface area contributed by atoms with E-state index >= 15 is 0 Å². The van der Waals surface area contributed by atoms with Gasteiger partial charge in [-0.05, 0) is 24.3 Å². The van der Waals surface area contributed by atoms with E-state index in [1.165, 1.54) is 65.2 Å². The van der Waals surface area contributed by atoms with Crippen LogP contribution in [-0.2, 0) is 0 Å². The third kappa shape index (κ3) is 1.44. The van der Waals surface area contributed by atoms with Gasteiger partial charge in [-0.15, -0.1) is 0 Å². The van der Waals surface area contributed by atoms with Gasteiger partial charge in [0.15, 0.2) is 0 Å². The second kappa shape index (κ2) is 4.89. The number of hydrogen-bond donors (Lipinski definition) is 0. The van der Waals surface area contributed by atoms with E-state index in [4.69, 9.17) is 0 Å². The van der Waals surface area contributed by atoms with E-state index in [2.05, 4.69) is 79.4 Å². The first kappa shape index (κ1) is 15.4. The summed E-state index contributed by atoms with van der Waals surface area (Å²) in [5, 5.41) is 10.4. The number of pyridine rings is 2. The molecule has 0 radical (unpaired) electrons. The molecule has 0 bridgehead atoms. The van der Waals surface area contributed by atoms with E-state index in [9.17, 15) is 0 Å². The van der Waals surface area contributed by atoms with E-state index in [0.29, 0.717) is 0 Å². The molecule has 0 saturated carbocycles. The van der Waals surface area contributed by atoms with Crippen LogP contribution in [0, 0.1) is 0 Å².